The molecule has 34 heavy (non-hydrogen) atoms. The third kappa shape index (κ3) is 3.57. The van der Waals surface area contributed by atoms with E-state index in [2.05, 4.69) is 9.98 Å². The number of ether oxygens (including phenoxy) is 1. The van der Waals surface area contributed by atoms with Crippen LogP contribution in [0.15, 0.2) is 53.3 Å². The SMILES string of the molecule is COC(=O)C1CC([C@@]2(c3ccc(F)c(-c4cccnc4F)c3)N=C(N)N(C)C2=O)=CN1CCF. The van der Waals surface area contributed by atoms with E-state index in [9.17, 15) is 22.8 Å². The number of guanidine groups is 1. The molecule has 1 unspecified atom stereocenters. The van der Waals surface area contributed by atoms with E-state index >= 15 is 0 Å². The lowest BCUT2D eigenvalue weighted by molar-refractivity contribution is -0.145. The number of halogens is 3. The molecule has 11 heteroatoms. The molecule has 0 aliphatic carbocycles. The predicted molar refractivity (Wildman–Crippen MR) is 117 cm³/mol. The van der Waals surface area contributed by atoms with Crippen molar-refractivity contribution < 1.29 is 27.5 Å². The molecule has 1 aromatic carbocycles. The van der Waals surface area contributed by atoms with Crippen molar-refractivity contribution in [1.82, 2.24) is 14.8 Å². The standard InChI is InChI=1S/C23H22F3N5O3/c1-30-21(33)23(29-22(30)27,14-11-18(20(32)34-2)31(12-14)9-7-24)13-5-6-17(25)16(10-13)15-4-3-8-28-19(15)26/h3-6,8,10,12,18H,7,9,11H2,1-2H3,(H2,27,29)/t18?,23-/m1/s1. The lowest BCUT2D eigenvalue weighted by Gasteiger charge is -2.27. The molecule has 2 aliphatic rings. The van der Waals surface area contributed by atoms with Crippen molar-refractivity contribution in [3.63, 3.8) is 0 Å². The molecular formula is C23H22F3N5O3. The second-order valence-corrected chi connectivity index (χ2v) is 7.91. The van der Waals surface area contributed by atoms with Crippen molar-refractivity contribution >= 4 is 17.8 Å². The first kappa shape index (κ1) is 23.3. The third-order valence-electron chi connectivity index (χ3n) is 6.09. The fourth-order valence-electron chi connectivity index (χ4n) is 4.35. The number of hydrogen-bond acceptors (Lipinski definition) is 7. The van der Waals surface area contributed by atoms with Gasteiger partial charge in [-0.15, -0.1) is 0 Å². The molecule has 0 bridgehead atoms. The van der Waals surface area contributed by atoms with Gasteiger partial charge in [-0.2, -0.15) is 4.39 Å². The van der Waals surface area contributed by atoms with Crippen LogP contribution in [0.4, 0.5) is 13.2 Å². The molecule has 0 saturated heterocycles. The highest BCUT2D eigenvalue weighted by Gasteiger charge is 2.54. The van der Waals surface area contributed by atoms with Gasteiger partial charge in [0.2, 0.25) is 5.95 Å². The molecule has 0 fully saturated rings. The van der Waals surface area contributed by atoms with Crippen molar-refractivity contribution in [1.29, 1.82) is 0 Å². The fourth-order valence-corrected chi connectivity index (χ4v) is 4.35. The van der Waals surface area contributed by atoms with E-state index in [0.717, 1.165) is 11.0 Å². The molecule has 2 atom stereocenters. The summed E-state index contributed by atoms with van der Waals surface area (Å²) in [4.78, 5) is 36.5. The Hall–Kier alpha value is -3.89. The number of hydrogen-bond donors (Lipinski definition) is 1. The highest BCUT2D eigenvalue weighted by Crippen LogP contribution is 2.45. The first-order chi connectivity index (χ1) is 16.2. The van der Waals surface area contributed by atoms with Crippen molar-refractivity contribution in [2.45, 2.75) is 18.0 Å². The van der Waals surface area contributed by atoms with Crippen LogP contribution in [0.3, 0.4) is 0 Å². The van der Waals surface area contributed by atoms with E-state index in [1.165, 1.54) is 55.7 Å². The molecule has 4 rings (SSSR count). The van der Waals surface area contributed by atoms with Crippen molar-refractivity contribution in [2.75, 3.05) is 27.4 Å². The van der Waals surface area contributed by atoms with Gasteiger partial charge in [0, 0.05) is 43.5 Å². The molecule has 2 aliphatic heterocycles. The summed E-state index contributed by atoms with van der Waals surface area (Å²) in [7, 11) is 2.64. The van der Waals surface area contributed by atoms with Gasteiger partial charge in [0.1, 0.15) is 18.5 Å². The summed E-state index contributed by atoms with van der Waals surface area (Å²) in [6.45, 7) is -0.858. The van der Waals surface area contributed by atoms with Gasteiger partial charge in [-0.1, -0.05) is 6.07 Å². The van der Waals surface area contributed by atoms with Crippen LogP contribution in [0, 0.1) is 11.8 Å². The number of amides is 1. The molecule has 1 amide bonds. The van der Waals surface area contributed by atoms with Crippen LogP contribution in [-0.2, 0) is 19.9 Å². The Morgan fingerprint density at radius 1 is 1.29 bits per heavy atom. The highest BCUT2D eigenvalue weighted by molar-refractivity contribution is 6.09. The molecule has 8 nitrogen and oxygen atoms in total. The summed E-state index contributed by atoms with van der Waals surface area (Å²) < 4.78 is 47.2. The molecular weight excluding hydrogens is 451 g/mol. The molecule has 2 aromatic rings. The smallest absolute Gasteiger partial charge is 0.328 e. The molecule has 2 N–H and O–H groups in total. The molecule has 0 radical (unpaired) electrons. The van der Waals surface area contributed by atoms with Crippen LogP contribution in [0.5, 0.6) is 0 Å². The zero-order chi connectivity index (χ0) is 24.6. The summed E-state index contributed by atoms with van der Waals surface area (Å²) in [5.41, 5.74) is 4.57. The van der Waals surface area contributed by atoms with Gasteiger partial charge in [-0.05, 0) is 35.4 Å². The molecule has 3 heterocycles. The number of methoxy groups -OCH3 is 1. The Morgan fingerprint density at radius 3 is 2.68 bits per heavy atom. The maximum absolute atomic E-state index is 14.8. The van der Waals surface area contributed by atoms with Crippen molar-refractivity contribution in [3.05, 3.63) is 65.6 Å². The van der Waals surface area contributed by atoms with Gasteiger partial charge in [0.05, 0.1) is 7.11 Å². The van der Waals surface area contributed by atoms with Crippen LogP contribution in [0.1, 0.15) is 12.0 Å². The number of aromatic nitrogens is 1. The number of rotatable bonds is 6. The number of carbonyl (C=O) groups is 2. The predicted octanol–water partition coefficient (Wildman–Crippen LogP) is 2.11. The number of carbonyl (C=O) groups excluding carboxylic acids is 2. The zero-order valence-electron chi connectivity index (χ0n) is 18.5. The van der Waals surface area contributed by atoms with E-state index in [-0.39, 0.29) is 35.6 Å². The van der Waals surface area contributed by atoms with Crippen molar-refractivity contribution in [3.8, 4) is 11.1 Å². The minimum atomic E-state index is -1.75. The summed E-state index contributed by atoms with van der Waals surface area (Å²) >= 11 is 0. The normalized spacial score (nSPS) is 22.1. The largest absolute Gasteiger partial charge is 0.467 e. The second-order valence-electron chi connectivity index (χ2n) is 7.91. The summed E-state index contributed by atoms with van der Waals surface area (Å²) in [5, 5.41) is 0. The van der Waals surface area contributed by atoms with Gasteiger partial charge in [-0.3, -0.25) is 9.69 Å². The average molecular weight is 473 g/mol. The third-order valence-corrected chi connectivity index (χ3v) is 6.09. The zero-order valence-corrected chi connectivity index (χ0v) is 18.5. The fraction of sp³-hybridized carbons (Fsp3) is 0.304. The maximum Gasteiger partial charge on any atom is 0.328 e. The van der Waals surface area contributed by atoms with Gasteiger partial charge >= 0.3 is 5.97 Å². The van der Waals surface area contributed by atoms with Gasteiger partial charge < -0.3 is 15.4 Å². The second kappa shape index (κ2) is 8.81. The Bertz CT molecular complexity index is 1220. The van der Waals surface area contributed by atoms with Crippen molar-refractivity contribution in [2.24, 2.45) is 10.7 Å². The van der Waals surface area contributed by atoms with Gasteiger partial charge in [0.25, 0.3) is 5.91 Å². The average Bonchev–Trinajstić information content (AvgIpc) is 3.35. The Morgan fingerprint density at radius 2 is 2.06 bits per heavy atom. The van der Waals surface area contributed by atoms with Crippen LogP contribution in [0.25, 0.3) is 11.1 Å². The molecule has 0 saturated carbocycles. The minimum Gasteiger partial charge on any atom is -0.467 e. The molecule has 178 valence electrons. The van der Waals surface area contributed by atoms with E-state index < -0.39 is 41.9 Å². The van der Waals surface area contributed by atoms with E-state index in [4.69, 9.17) is 10.5 Å². The Balaban J connectivity index is 1.91. The lowest BCUT2D eigenvalue weighted by Crippen LogP contribution is -2.42. The number of likely N-dealkylation sites (N-methyl/N-ethyl adjacent to an activating group) is 1. The Labute approximate surface area is 193 Å². The number of alkyl halides is 1. The van der Waals surface area contributed by atoms with Crippen LogP contribution in [-0.4, -0.2) is 66.0 Å². The highest BCUT2D eigenvalue weighted by atomic mass is 19.1. The number of nitrogens with zero attached hydrogens (tertiary/aromatic N) is 4. The number of aliphatic imine (C=N–C) groups is 1. The van der Waals surface area contributed by atoms with Crippen LogP contribution < -0.4 is 5.73 Å². The van der Waals surface area contributed by atoms with Crippen LogP contribution in [0.2, 0.25) is 0 Å². The number of pyridine rings is 1. The van der Waals surface area contributed by atoms with Crippen LogP contribution >= 0.6 is 0 Å². The summed E-state index contributed by atoms with van der Waals surface area (Å²) in [5.74, 6) is -2.87. The van der Waals surface area contributed by atoms with E-state index in [0.29, 0.717) is 5.57 Å². The lowest BCUT2D eigenvalue weighted by atomic mass is 9.80. The topological polar surface area (TPSA) is 101 Å². The quantitative estimate of drug-likeness (QED) is 0.510. The first-order valence-corrected chi connectivity index (χ1v) is 10.4. The van der Waals surface area contributed by atoms with E-state index in [1.54, 1.807) is 0 Å². The first-order valence-electron chi connectivity index (χ1n) is 10.4. The van der Waals surface area contributed by atoms with E-state index in [1.807, 2.05) is 0 Å². The maximum atomic E-state index is 14.8. The van der Waals surface area contributed by atoms with Gasteiger partial charge in [0.15, 0.2) is 11.5 Å². The summed E-state index contributed by atoms with van der Waals surface area (Å²) in [6, 6.07) is 5.71. The van der Waals surface area contributed by atoms with Gasteiger partial charge in [-0.25, -0.2) is 23.6 Å². The number of benzene rings is 1. The molecule has 0 spiro atoms. The number of nitrogens with two attached hydrogens (primary N) is 1. The number of esters is 1. The Kier molecular flexibility index (Phi) is 6.03. The minimum absolute atomic E-state index is 0.00298. The summed E-state index contributed by atoms with van der Waals surface area (Å²) in [6.07, 6.45) is 2.72. The molecule has 1 aromatic heterocycles. The monoisotopic (exact) mass is 473 g/mol.